The van der Waals surface area contributed by atoms with Gasteiger partial charge >= 0.3 is 0 Å². The van der Waals surface area contributed by atoms with E-state index in [9.17, 15) is 4.79 Å². The maximum Gasteiger partial charge on any atom is 0.263 e. The Morgan fingerprint density at radius 1 is 1.33 bits per heavy atom. The van der Waals surface area contributed by atoms with Gasteiger partial charge in [0.15, 0.2) is 0 Å². The van der Waals surface area contributed by atoms with Crippen LogP contribution in [0.4, 0.5) is 5.69 Å². The average Bonchev–Trinajstić information content (AvgIpc) is 3.34. The molecule has 0 radical (unpaired) electrons. The first kappa shape index (κ1) is 22.8. The number of rotatable bonds is 7. The monoisotopic (exact) mass is 461 g/mol. The van der Waals surface area contributed by atoms with Gasteiger partial charge in [0.05, 0.1) is 25.1 Å². The quantitative estimate of drug-likeness (QED) is 0.510. The van der Waals surface area contributed by atoms with Gasteiger partial charge in [-0.3, -0.25) is 4.79 Å². The van der Waals surface area contributed by atoms with Gasteiger partial charge in [-0.1, -0.05) is 24.8 Å². The van der Waals surface area contributed by atoms with E-state index in [-0.39, 0.29) is 11.9 Å². The molecule has 1 fully saturated rings. The molecule has 4 rings (SSSR count). The highest BCUT2D eigenvalue weighted by Gasteiger charge is 2.21. The van der Waals surface area contributed by atoms with Gasteiger partial charge in [-0.15, -0.1) is 11.3 Å². The highest BCUT2D eigenvalue weighted by molar-refractivity contribution is 7.16. The molecule has 8 heteroatoms. The molecule has 1 aromatic heterocycles. The Labute approximate surface area is 197 Å². The number of likely N-dealkylation sites (tertiary alicyclic amines) is 1. The van der Waals surface area contributed by atoms with Crippen LogP contribution in [0, 0.1) is 11.3 Å². The molecular formula is C25H27N5O2S. The van der Waals surface area contributed by atoms with E-state index in [4.69, 9.17) is 10.00 Å². The lowest BCUT2D eigenvalue weighted by Crippen LogP contribution is -2.43. The number of amides is 1. The summed E-state index contributed by atoms with van der Waals surface area (Å²) < 4.78 is 5.54. The number of thiazole rings is 1. The number of nitrogens with zero attached hydrogens (tertiary/aromatic N) is 3. The third-order valence-electron chi connectivity index (χ3n) is 5.87. The van der Waals surface area contributed by atoms with Crippen LogP contribution in [0.1, 0.15) is 22.5 Å². The molecule has 170 valence electrons. The second-order valence-corrected chi connectivity index (χ2v) is 9.26. The number of piperidine rings is 1. The fraction of sp³-hybridized carbons (Fsp3) is 0.320. The van der Waals surface area contributed by atoms with Crippen molar-refractivity contribution in [1.29, 1.82) is 5.26 Å². The standard InChI is InChI=1S/C25H27N5O2S/c1-16(13-26)14-27-23-20-12-18(5-4-17(20)6-7-21(23)32-3)25-28-15-22(33-25)24(31)29-19-8-10-30(2)11-9-19/h4-7,12,15,19,27H,1,8-11,14H2,2-3H3,(H,29,31). The van der Waals surface area contributed by atoms with Crippen molar-refractivity contribution >= 4 is 33.7 Å². The fourth-order valence-electron chi connectivity index (χ4n) is 3.94. The van der Waals surface area contributed by atoms with E-state index >= 15 is 0 Å². The third-order valence-corrected chi connectivity index (χ3v) is 6.92. The average molecular weight is 462 g/mol. The zero-order valence-electron chi connectivity index (χ0n) is 18.9. The molecule has 2 N–H and O–H groups in total. The Morgan fingerprint density at radius 2 is 2.09 bits per heavy atom. The summed E-state index contributed by atoms with van der Waals surface area (Å²) in [5.74, 6) is 0.621. The number of hydrogen-bond donors (Lipinski definition) is 2. The number of ether oxygens (including phenoxy) is 1. The number of aromatic nitrogens is 1. The summed E-state index contributed by atoms with van der Waals surface area (Å²) in [4.78, 5) is 20.2. The van der Waals surface area contributed by atoms with Crippen molar-refractivity contribution in [3.8, 4) is 22.4 Å². The highest BCUT2D eigenvalue weighted by atomic mass is 32.1. The predicted molar refractivity (Wildman–Crippen MR) is 133 cm³/mol. The van der Waals surface area contributed by atoms with Gasteiger partial charge < -0.3 is 20.3 Å². The molecule has 0 saturated carbocycles. The molecule has 0 unspecified atom stereocenters. The van der Waals surface area contributed by atoms with E-state index in [1.807, 2.05) is 30.3 Å². The van der Waals surface area contributed by atoms with Crippen molar-refractivity contribution in [2.45, 2.75) is 18.9 Å². The second-order valence-electron chi connectivity index (χ2n) is 8.23. The summed E-state index contributed by atoms with van der Waals surface area (Å²) in [6.45, 7) is 6.06. The molecule has 0 atom stereocenters. The molecule has 1 amide bonds. The first-order valence-electron chi connectivity index (χ1n) is 10.9. The summed E-state index contributed by atoms with van der Waals surface area (Å²) in [7, 11) is 3.72. The summed E-state index contributed by atoms with van der Waals surface area (Å²) in [5, 5.41) is 18.2. The van der Waals surface area contributed by atoms with Crippen molar-refractivity contribution in [3.05, 3.63) is 53.6 Å². The third kappa shape index (κ3) is 5.16. The van der Waals surface area contributed by atoms with Crippen LogP contribution in [0.15, 0.2) is 48.7 Å². The van der Waals surface area contributed by atoms with Crippen LogP contribution in [-0.2, 0) is 0 Å². The number of anilines is 1. The summed E-state index contributed by atoms with van der Waals surface area (Å²) in [5.41, 5.74) is 2.15. The van der Waals surface area contributed by atoms with Crippen LogP contribution < -0.4 is 15.4 Å². The Hall–Kier alpha value is -3.41. The van der Waals surface area contributed by atoms with Gasteiger partial charge in [-0.2, -0.15) is 5.26 Å². The largest absolute Gasteiger partial charge is 0.495 e. The first-order chi connectivity index (χ1) is 16.0. The number of nitrogens with one attached hydrogen (secondary N) is 2. The van der Waals surface area contributed by atoms with Gasteiger partial charge in [0.1, 0.15) is 15.6 Å². The maximum absolute atomic E-state index is 12.8. The Bertz CT molecular complexity index is 1220. The molecule has 2 aromatic carbocycles. The first-order valence-corrected chi connectivity index (χ1v) is 11.7. The lowest BCUT2D eigenvalue weighted by atomic mass is 10.0. The number of nitriles is 1. The van der Waals surface area contributed by atoms with E-state index in [1.54, 1.807) is 13.3 Å². The fourth-order valence-corrected chi connectivity index (χ4v) is 4.76. The van der Waals surface area contributed by atoms with E-state index in [2.05, 4.69) is 40.2 Å². The molecule has 0 spiro atoms. The van der Waals surface area contributed by atoms with Gasteiger partial charge in [0, 0.05) is 29.1 Å². The van der Waals surface area contributed by atoms with Gasteiger partial charge in [-0.05, 0) is 50.5 Å². The van der Waals surface area contributed by atoms with Crippen LogP contribution in [0.3, 0.4) is 0 Å². The predicted octanol–water partition coefficient (Wildman–Crippen LogP) is 4.29. The van der Waals surface area contributed by atoms with E-state index in [0.717, 1.165) is 53.0 Å². The lowest BCUT2D eigenvalue weighted by Gasteiger charge is -2.29. The van der Waals surface area contributed by atoms with Crippen molar-refractivity contribution in [3.63, 3.8) is 0 Å². The molecule has 0 aliphatic carbocycles. The number of benzene rings is 2. The van der Waals surface area contributed by atoms with Crippen molar-refractivity contribution < 1.29 is 9.53 Å². The van der Waals surface area contributed by atoms with Gasteiger partial charge in [0.25, 0.3) is 5.91 Å². The van der Waals surface area contributed by atoms with Gasteiger partial charge in [-0.25, -0.2) is 4.98 Å². The van der Waals surface area contributed by atoms with Crippen molar-refractivity contribution in [2.24, 2.45) is 0 Å². The normalized spacial score (nSPS) is 14.6. The summed E-state index contributed by atoms with van der Waals surface area (Å²) in [6.07, 6.45) is 3.58. The van der Waals surface area contributed by atoms with Crippen LogP contribution in [0.5, 0.6) is 5.75 Å². The molecule has 1 aliphatic rings. The number of methoxy groups -OCH3 is 1. The molecule has 1 aliphatic heterocycles. The minimum Gasteiger partial charge on any atom is -0.495 e. The molecular weight excluding hydrogens is 434 g/mol. The van der Waals surface area contributed by atoms with Crippen LogP contribution in [0.2, 0.25) is 0 Å². The molecule has 1 saturated heterocycles. The minimum absolute atomic E-state index is 0.0619. The van der Waals surface area contributed by atoms with E-state index in [1.165, 1.54) is 11.3 Å². The number of carbonyl (C=O) groups excluding carboxylic acids is 1. The van der Waals surface area contributed by atoms with Crippen LogP contribution in [-0.4, -0.2) is 55.6 Å². The van der Waals surface area contributed by atoms with Crippen LogP contribution in [0.25, 0.3) is 21.3 Å². The smallest absolute Gasteiger partial charge is 0.263 e. The van der Waals surface area contributed by atoms with Crippen molar-refractivity contribution in [1.82, 2.24) is 15.2 Å². The minimum atomic E-state index is -0.0619. The molecule has 2 heterocycles. The highest BCUT2D eigenvalue weighted by Crippen LogP contribution is 2.36. The molecule has 7 nitrogen and oxygen atoms in total. The van der Waals surface area contributed by atoms with Crippen LogP contribution >= 0.6 is 11.3 Å². The Morgan fingerprint density at radius 3 is 2.82 bits per heavy atom. The van der Waals surface area contributed by atoms with Gasteiger partial charge in [0.2, 0.25) is 0 Å². The molecule has 3 aromatic rings. The molecule has 33 heavy (non-hydrogen) atoms. The van der Waals surface area contributed by atoms with E-state index < -0.39 is 0 Å². The lowest BCUT2D eigenvalue weighted by molar-refractivity contribution is 0.0921. The van der Waals surface area contributed by atoms with E-state index in [0.29, 0.717) is 22.7 Å². The topological polar surface area (TPSA) is 90.3 Å². The summed E-state index contributed by atoms with van der Waals surface area (Å²) >= 11 is 1.39. The number of hydrogen-bond acceptors (Lipinski definition) is 7. The van der Waals surface area contributed by atoms with Crippen molar-refractivity contribution in [2.75, 3.05) is 39.1 Å². The SMILES string of the molecule is C=C(C#N)CNc1c(OC)ccc2ccc(-c3ncc(C(=O)NC4CCN(C)CC4)s3)cc12. The summed E-state index contributed by atoms with van der Waals surface area (Å²) in [6, 6.07) is 12.2. The zero-order chi connectivity index (χ0) is 23.4. The molecule has 0 bridgehead atoms. The zero-order valence-corrected chi connectivity index (χ0v) is 19.7. The Balaban J connectivity index is 1.58. The second kappa shape index (κ2) is 10.0. The number of fused-ring (bicyclic) bond motifs is 1. The maximum atomic E-state index is 12.8. The Kier molecular flexibility index (Phi) is 6.92. The number of carbonyl (C=O) groups is 1.